The highest BCUT2D eigenvalue weighted by atomic mass is 16.3. The maximum absolute atomic E-state index is 12.3. The Morgan fingerprint density at radius 1 is 1.41 bits per heavy atom. The van der Waals surface area contributed by atoms with E-state index < -0.39 is 0 Å². The molecule has 0 saturated carbocycles. The van der Waals surface area contributed by atoms with Gasteiger partial charge in [-0.05, 0) is 37.1 Å². The van der Waals surface area contributed by atoms with E-state index in [0.717, 1.165) is 29.4 Å². The number of aliphatic hydroxyl groups is 1. The number of likely N-dealkylation sites (tertiary alicyclic amines) is 1. The summed E-state index contributed by atoms with van der Waals surface area (Å²) in [5, 5.41) is 10.7. The number of fused-ring (bicyclic) bond motifs is 1. The minimum absolute atomic E-state index is 0.00374. The third-order valence-corrected chi connectivity index (χ3v) is 4.31. The second-order valence-electron chi connectivity index (χ2n) is 5.82. The molecule has 1 N–H and O–H groups in total. The SMILES string of the molecule is CC(O)C1CCN(C(=O)/C=C/c2ccnc3ccccc23)C1. The zero-order valence-corrected chi connectivity index (χ0v) is 12.6. The van der Waals surface area contributed by atoms with Crippen molar-refractivity contribution in [2.24, 2.45) is 5.92 Å². The van der Waals surface area contributed by atoms with Gasteiger partial charge in [-0.1, -0.05) is 18.2 Å². The number of carbonyl (C=O) groups is 1. The van der Waals surface area contributed by atoms with Crippen LogP contribution < -0.4 is 0 Å². The van der Waals surface area contributed by atoms with Crippen LogP contribution in [0.25, 0.3) is 17.0 Å². The highest BCUT2D eigenvalue weighted by Gasteiger charge is 2.27. The second-order valence-corrected chi connectivity index (χ2v) is 5.82. The van der Waals surface area contributed by atoms with E-state index in [1.165, 1.54) is 0 Å². The average Bonchev–Trinajstić information content (AvgIpc) is 3.03. The minimum atomic E-state index is -0.356. The Balaban J connectivity index is 1.75. The zero-order valence-electron chi connectivity index (χ0n) is 12.6. The van der Waals surface area contributed by atoms with Crippen molar-refractivity contribution in [2.45, 2.75) is 19.4 Å². The van der Waals surface area contributed by atoms with Gasteiger partial charge in [0.2, 0.25) is 5.91 Å². The number of aromatic nitrogens is 1. The van der Waals surface area contributed by atoms with Crippen molar-refractivity contribution in [3.8, 4) is 0 Å². The smallest absolute Gasteiger partial charge is 0.246 e. The van der Waals surface area contributed by atoms with Crippen LogP contribution in [0.5, 0.6) is 0 Å². The number of hydrogen-bond donors (Lipinski definition) is 1. The van der Waals surface area contributed by atoms with Crippen molar-refractivity contribution in [2.75, 3.05) is 13.1 Å². The zero-order chi connectivity index (χ0) is 15.5. The Morgan fingerprint density at radius 3 is 3.00 bits per heavy atom. The Labute approximate surface area is 130 Å². The highest BCUT2D eigenvalue weighted by molar-refractivity contribution is 5.95. The predicted octanol–water partition coefficient (Wildman–Crippen LogP) is 2.48. The van der Waals surface area contributed by atoms with E-state index >= 15 is 0 Å². The van der Waals surface area contributed by atoms with E-state index in [1.807, 2.05) is 36.4 Å². The molecule has 0 aliphatic carbocycles. The number of carbonyl (C=O) groups excluding carboxylic acids is 1. The van der Waals surface area contributed by atoms with E-state index in [4.69, 9.17) is 0 Å². The van der Waals surface area contributed by atoms with Crippen LogP contribution in [0.3, 0.4) is 0 Å². The third-order valence-electron chi connectivity index (χ3n) is 4.31. The summed E-state index contributed by atoms with van der Waals surface area (Å²) in [4.78, 5) is 18.4. The van der Waals surface area contributed by atoms with Gasteiger partial charge in [-0.3, -0.25) is 9.78 Å². The van der Waals surface area contributed by atoms with Gasteiger partial charge < -0.3 is 10.0 Å². The van der Waals surface area contributed by atoms with Crippen molar-refractivity contribution in [3.05, 3.63) is 48.2 Å². The second kappa shape index (κ2) is 6.28. The molecule has 4 nitrogen and oxygen atoms in total. The van der Waals surface area contributed by atoms with Gasteiger partial charge in [0, 0.05) is 36.7 Å². The number of benzene rings is 1. The Kier molecular flexibility index (Phi) is 4.20. The molecule has 2 unspecified atom stereocenters. The molecule has 0 radical (unpaired) electrons. The van der Waals surface area contributed by atoms with Gasteiger partial charge in [-0.15, -0.1) is 0 Å². The summed E-state index contributed by atoms with van der Waals surface area (Å²) in [5.41, 5.74) is 1.91. The first kappa shape index (κ1) is 14.7. The molecule has 2 aromatic rings. The molecule has 114 valence electrons. The van der Waals surface area contributed by atoms with Crippen LogP contribution in [-0.2, 0) is 4.79 Å². The number of pyridine rings is 1. The Morgan fingerprint density at radius 2 is 2.23 bits per heavy atom. The topological polar surface area (TPSA) is 53.4 Å². The van der Waals surface area contributed by atoms with Crippen LogP contribution >= 0.6 is 0 Å². The van der Waals surface area contributed by atoms with Crippen molar-refractivity contribution in [3.63, 3.8) is 0 Å². The molecular formula is C18H20N2O2. The van der Waals surface area contributed by atoms with Crippen molar-refractivity contribution in [1.29, 1.82) is 0 Å². The maximum Gasteiger partial charge on any atom is 0.246 e. The number of hydrogen-bond acceptors (Lipinski definition) is 3. The summed E-state index contributed by atoms with van der Waals surface area (Å²) in [6, 6.07) is 9.80. The lowest BCUT2D eigenvalue weighted by Gasteiger charge is -2.15. The Bertz CT molecular complexity index is 704. The van der Waals surface area contributed by atoms with Gasteiger partial charge >= 0.3 is 0 Å². The normalized spacial score (nSPS) is 19.9. The highest BCUT2D eigenvalue weighted by Crippen LogP contribution is 2.21. The molecule has 22 heavy (non-hydrogen) atoms. The van der Waals surface area contributed by atoms with E-state index in [1.54, 1.807) is 24.1 Å². The first-order chi connectivity index (χ1) is 10.6. The standard InChI is InChI=1S/C18H20N2O2/c1-13(21)15-9-11-20(12-15)18(22)7-6-14-8-10-19-17-5-3-2-4-16(14)17/h2-8,10,13,15,21H,9,11-12H2,1H3/b7-6+. The lowest BCUT2D eigenvalue weighted by atomic mass is 10.0. The van der Waals surface area contributed by atoms with Crippen molar-refractivity contribution in [1.82, 2.24) is 9.88 Å². The average molecular weight is 296 g/mol. The van der Waals surface area contributed by atoms with Crippen LogP contribution in [0, 0.1) is 5.92 Å². The predicted molar refractivity (Wildman–Crippen MR) is 87.1 cm³/mol. The van der Waals surface area contributed by atoms with Crippen LogP contribution in [0.2, 0.25) is 0 Å². The summed E-state index contributed by atoms with van der Waals surface area (Å²) < 4.78 is 0. The van der Waals surface area contributed by atoms with Crippen molar-refractivity contribution >= 4 is 22.9 Å². The maximum atomic E-state index is 12.3. The summed E-state index contributed by atoms with van der Waals surface area (Å²) in [7, 11) is 0. The lowest BCUT2D eigenvalue weighted by molar-refractivity contribution is -0.125. The van der Waals surface area contributed by atoms with Gasteiger partial charge in [0.05, 0.1) is 11.6 Å². The van der Waals surface area contributed by atoms with E-state index in [0.29, 0.717) is 6.54 Å². The molecule has 2 atom stereocenters. The van der Waals surface area contributed by atoms with Crippen LogP contribution in [0.4, 0.5) is 0 Å². The first-order valence-corrected chi connectivity index (χ1v) is 7.64. The Hall–Kier alpha value is -2.20. The first-order valence-electron chi connectivity index (χ1n) is 7.64. The monoisotopic (exact) mass is 296 g/mol. The van der Waals surface area contributed by atoms with E-state index in [9.17, 15) is 9.90 Å². The molecule has 4 heteroatoms. The quantitative estimate of drug-likeness (QED) is 0.885. The summed E-state index contributed by atoms with van der Waals surface area (Å²) in [6.07, 6.45) is 5.74. The summed E-state index contributed by atoms with van der Waals surface area (Å²) >= 11 is 0. The number of aliphatic hydroxyl groups excluding tert-OH is 1. The minimum Gasteiger partial charge on any atom is -0.393 e. The molecule has 1 amide bonds. The third kappa shape index (κ3) is 3.02. The van der Waals surface area contributed by atoms with Gasteiger partial charge in [0.25, 0.3) is 0 Å². The molecule has 3 rings (SSSR count). The van der Waals surface area contributed by atoms with Crippen LogP contribution in [0.1, 0.15) is 18.9 Å². The molecule has 1 aromatic heterocycles. The fourth-order valence-electron chi connectivity index (χ4n) is 2.91. The molecule has 1 aliphatic heterocycles. The molecule has 1 aliphatic rings. The van der Waals surface area contributed by atoms with Gasteiger partial charge in [-0.25, -0.2) is 0 Å². The van der Waals surface area contributed by atoms with Gasteiger partial charge in [0.15, 0.2) is 0 Å². The molecule has 2 heterocycles. The molecule has 1 aromatic carbocycles. The van der Waals surface area contributed by atoms with Gasteiger partial charge in [-0.2, -0.15) is 0 Å². The number of nitrogens with zero attached hydrogens (tertiary/aromatic N) is 2. The molecule has 0 spiro atoms. The largest absolute Gasteiger partial charge is 0.393 e. The molecule has 1 fully saturated rings. The number of rotatable bonds is 3. The van der Waals surface area contributed by atoms with Gasteiger partial charge in [0.1, 0.15) is 0 Å². The number of para-hydroxylation sites is 1. The van der Waals surface area contributed by atoms with Crippen molar-refractivity contribution < 1.29 is 9.90 Å². The molecule has 0 bridgehead atoms. The molecular weight excluding hydrogens is 276 g/mol. The van der Waals surface area contributed by atoms with E-state index in [-0.39, 0.29) is 17.9 Å². The fourth-order valence-corrected chi connectivity index (χ4v) is 2.91. The van der Waals surface area contributed by atoms with Crippen LogP contribution in [-0.4, -0.2) is 40.1 Å². The van der Waals surface area contributed by atoms with Crippen LogP contribution in [0.15, 0.2) is 42.6 Å². The summed E-state index contributed by atoms with van der Waals surface area (Å²) in [5.74, 6) is 0.197. The number of amides is 1. The van der Waals surface area contributed by atoms with E-state index in [2.05, 4.69) is 4.98 Å². The fraction of sp³-hybridized carbons (Fsp3) is 0.333. The summed E-state index contributed by atoms with van der Waals surface area (Å²) in [6.45, 7) is 3.14. The molecule has 1 saturated heterocycles. The lowest BCUT2D eigenvalue weighted by Crippen LogP contribution is -2.28.